The van der Waals surface area contributed by atoms with Gasteiger partial charge in [-0.05, 0) is 95.3 Å². The van der Waals surface area contributed by atoms with Crippen LogP contribution in [-0.4, -0.2) is 67.4 Å². The quantitative estimate of drug-likeness (QED) is 0.810. The van der Waals surface area contributed by atoms with E-state index in [0.29, 0.717) is 17.9 Å². The van der Waals surface area contributed by atoms with E-state index < -0.39 is 0 Å². The average molecular weight is 362 g/mol. The van der Waals surface area contributed by atoms with Gasteiger partial charge in [0.05, 0.1) is 6.04 Å². The van der Waals surface area contributed by atoms with Crippen molar-refractivity contribution in [2.45, 2.75) is 38.1 Å². The second-order valence-electron chi connectivity index (χ2n) is 8.25. The zero-order chi connectivity index (χ0) is 17.4. The van der Waals surface area contributed by atoms with E-state index in [4.69, 9.17) is 0 Å². The number of nitrogens with zero attached hydrogens (tertiary/aromatic N) is 3. The molecule has 1 amide bonds. The van der Waals surface area contributed by atoms with E-state index in [-0.39, 0.29) is 5.92 Å². The molecule has 25 heavy (non-hydrogen) atoms. The first-order valence-electron chi connectivity index (χ1n) is 9.87. The topological polar surface area (TPSA) is 26.8 Å². The first kappa shape index (κ1) is 17.5. The predicted molar refractivity (Wildman–Crippen MR) is 103 cm³/mol. The van der Waals surface area contributed by atoms with Gasteiger partial charge in [-0.25, -0.2) is 0 Å². The summed E-state index contributed by atoms with van der Waals surface area (Å²) in [6.45, 7) is 5.38. The summed E-state index contributed by atoms with van der Waals surface area (Å²) in [5.74, 6) is 1.31. The van der Waals surface area contributed by atoms with Crippen molar-refractivity contribution >= 4 is 17.2 Å². The molecule has 0 N–H and O–H groups in total. The van der Waals surface area contributed by atoms with Crippen LogP contribution in [-0.2, 0) is 11.2 Å². The van der Waals surface area contributed by atoms with Gasteiger partial charge >= 0.3 is 0 Å². The normalized spacial score (nSPS) is 27.4. The summed E-state index contributed by atoms with van der Waals surface area (Å²) in [4.78, 5) is 22.0. The van der Waals surface area contributed by atoms with Gasteiger partial charge in [-0.3, -0.25) is 4.79 Å². The molecular formula is C20H31N3OS. The fourth-order valence-electron chi connectivity index (χ4n) is 4.89. The van der Waals surface area contributed by atoms with Gasteiger partial charge in [-0.1, -0.05) is 0 Å². The predicted octanol–water partition coefficient (Wildman–Crippen LogP) is 2.86. The number of carbonyl (C=O) groups is 1. The van der Waals surface area contributed by atoms with Crippen molar-refractivity contribution in [2.24, 2.45) is 11.8 Å². The number of amides is 1. The van der Waals surface area contributed by atoms with Gasteiger partial charge in [0, 0.05) is 17.3 Å². The monoisotopic (exact) mass is 361 g/mol. The van der Waals surface area contributed by atoms with E-state index in [0.717, 1.165) is 52.0 Å². The molecule has 0 saturated carbocycles. The highest BCUT2D eigenvalue weighted by Gasteiger charge is 2.40. The Morgan fingerprint density at radius 3 is 2.32 bits per heavy atom. The summed E-state index contributed by atoms with van der Waals surface area (Å²) < 4.78 is 0. The van der Waals surface area contributed by atoms with Crippen LogP contribution < -0.4 is 0 Å². The molecule has 4 nitrogen and oxygen atoms in total. The summed E-state index contributed by atoms with van der Waals surface area (Å²) in [6, 6.07) is 2.63. The Kier molecular flexibility index (Phi) is 5.16. The highest BCUT2D eigenvalue weighted by atomic mass is 32.1. The average Bonchev–Trinajstić information content (AvgIpc) is 3.10. The summed E-state index contributed by atoms with van der Waals surface area (Å²) in [7, 11) is 4.38. The van der Waals surface area contributed by atoms with E-state index in [1.54, 1.807) is 0 Å². The van der Waals surface area contributed by atoms with Crippen molar-refractivity contribution in [1.82, 2.24) is 14.7 Å². The molecule has 0 spiro atoms. The minimum atomic E-state index is 0.242. The molecule has 1 unspecified atom stereocenters. The molecule has 0 aromatic carbocycles. The smallest absolute Gasteiger partial charge is 0.226 e. The molecule has 0 radical (unpaired) electrons. The van der Waals surface area contributed by atoms with Crippen molar-refractivity contribution in [3.8, 4) is 0 Å². The Morgan fingerprint density at radius 1 is 1.00 bits per heavy atom. The van der Waals surface area contributed by atoms with Gasteiger partial charge in [-0.2, -0.15) is 0 Å². The molecule has 0 bridgehead atoms. The summed E-state index contributed by atoms with van der Waals surface area (Å²) in [5, 5.41) is 2.23. The number of thiophene rings is 1. The van der Waals surface area contributed by atoms with Crippen molar-refractivity contribution in [3.05, 3.63) is 21.9 Å². The lowest BCUT2D eigenvalue weighted by Crippen LogP contribution is -2.48. The Bertz CT molecular complexity index is 600. The lowest BCUT2D eigenvalue weighted by atomic mass is 9.83. The minimum absolute atomic E-state index is 0.242. The molecule has 3 aliphatic heterocycles. The van der Waals surface area contributed by atoms with Crippen molar-refractivity contribution in [3.63, 3.8) is 0 Å². The van der Waals surface area contributed by atoms with Crippen LogP contribution in [0.15, 0.2) is 11.4 Å². The molecule has 0 aliphatic carbocycles. The number of rotatable bonds is 2. The van der Waals surface area contributed by atoms with Crippen LogP contribution in [0.2, 0.25) is 0 Å². The molecule has 1 atom stereocenters. The SMILES string of the molecule is CN1CCC(C(=O)N2CCc3ccsc3C2C2CCN(C)CC2)CC1. The first-order valence-corrected chi connectivity index (χ1v) is 10.8. The third-order valence-corrected chi connectivity index (χ3v) is 7.60. The van der Waals surface area contributed by atoms with Crippen LogP contribution in [0.1, 0.15) is 42.2 Å². The highest BCUT2D eigenvalue weighted by Crippen LogP contribution is 2.43. The van der Waals surface area contributed by atoms with Crippen molar-refractivity contribution in [2.75, 3.05) is 46.8 Å². The fourth-order valence-corrected chi connectivity index (χ4v) is 6.04. The van der Waals surface area contributed by atoms with Crippen LogP contribution in [0.4, 0.5) is 0 Å². The summed E-state index contributed by atoms with van der Waals surface area (Å²) in [6.07, 6.45) is 5.54. The molecule has 1 aromatic heterocycles. The van der Waals surface area contributed by atoms with E-state index in [9.17, 15) is 4.79 Å². The molecule has 138 valence electrons. The van der Waals surface area contributed by atoms with Crippen molar-refractivity contribution in [1.29, 1.82) is 0 Å². The first-order chi connectivity index (χ1) is 12.1. The molecular weight excluding hydrogens is 330 g/mol. The largest absolute Gasteiger partial charge is 0.334 e. The maximum Gasteiger partial charge on any atom is 0.226 e. The van der Waals surface area contributed by atoms with Crippen LogP contribution in [0, 0.1) is 11.8 Å². The second kappa shape index (κ2) is 7.37. The number of fused-ring (bicyclic) bond motifs is 1. The number of hydrogen-bond donors (Lipinski definition) is 0. The number of carbonyl (C=O) groups excluding carboxylic acids is 1. The van der Waals surface area contributed by atoms with Gasteiger partial charge in [-0.15, -0.1) is 11.3 Å². The number of hydrogen-bond acceptors (Lipinski definition) is 4. The lowest BCUT2D eigenvalue weighted by Gasteiger charge is -2.44. The maximum absolute atomic E-state index is 13.4. The van der Waals surface area contributed by atoms with Crippen molar-refractivity contribution < 1.29 is 4.79 Å². The standard InChI is InChI=1S/C20H31N3OS/c1-21-9-3-15(4-10-21)18-19-16(8-14-25-19)7-13-23(18)20(24)17-5-11-22(2)12-6-17/h8,14-15,17-18H,3-7,9-13H2,1-2H3. The molecule has 2 saturated heterocycles. The maximum atomic E-state index is 13.4. The van der Waals surface area contributed by atoms with E-state index >= 15 is 0 Å². The van der Waals surface area contributed by atoms with Crippen LogP contribution in [0.5, 0.6) is 0 Å². The highest BCUT2D eigenvalue weighted by molar-refractivity contribution is 7.10. The lowest BCUT2D eigenvalue weighted by molar-refractivity contribution is -0.141. The van der Waals surface area contributed by atoms with Crippen LogP contribution >= 0.6 is 11.3 Å². The van der Waals surface area contributed by atoms with Crippen LogP contribution in [0.25, 0.3) is 0 Å². The second-order valence-corrected chi connectivity index (χ2v) is 9.20. The Morgan fingerprint density at radius 2 is 1.64 bits per heavy atom. The Balaban J connectivity index is 1.56. The molecule has 4 heterocycles. The Hall–Kier alpha value is -0.910. The van der Waals surface area contributed by atoms with Gasteiger partial charge in [0.15, 0.2) is 0 Å². The summed E-state index contributed by atoms with van der Waals surface area (Å²) in [5.41, 5.74) is 1.50. The molecule has 3 aliphatic rings. The molecule has 2 fully saturated rings. The summed E-state index contributed by atoms with van der Waals surface area (Å²) >= 11 is 1.88. The fraction of sp³-hybridized carbons (Fsp3) is 0.750. The van der Waals surface area contributed by atoms with E-state index in [2.05, 4.69) is 40.2 Å². The third-order valence-electron chi connectivity index (χ3n) is 6.57. The number of likely N-dealkylation sites (tertiary alicyclic amines) is 2. The number of piperidine rings is 2. The Labute approximate surface area is 155 Å². The molecule has 1 aromatic rings. The van der Waals surface area contributed by atoms with E-state index in [1.165, 1.54) is 23.3 Å². The zero-order valence-electron chi connectivity index (χ0n) is 15.6. The molecule has 4 rings (SSSR count). The van der Waals surface area contributed by atoms with Gasteiger partial charge < -0.3 is 14.7 Å². The van der Waals surface area contributed by atoms with Crippen LogP contribution in [0.3, 0.4) is 0 Å². The minimum Gasteiger partial charge on any atom is -0.334 e. The third kappa shape index (κ3) is 3.51. The van der Waals surface area contributed by atoms with Gasteiger partial charge in [0.1, 0.15) is 0 Å². The van der Waals surface area contributed by atoms with Gasteiger partial charge in [0.2, 0.25) is 5.91 Å². The van der Waals surface area contributed by atoms with E-state index in [1.807, 2.05) is 11.3 Å². The zero-order valence-corrected chi connectivity index (χ0v) is 16.4. The van der Waals surface area contributed by atoms with Gasteiger partial charge in [0.25, 0.3) is 0 Å². The molecule has 5 heteroatoms.